The third-order valence-electron chi connectivity index (χ3n) is 11.7. The second-order valence-corrected chi connectivity index (χ2v) is 18.9. The largest absolute Gasteiger partial charge is 0.744 e. The van der Waals surface area contributed by atoms with E-state index in [4.69, 9.17) is 17.7 Å². The monoisotopic (exact) mass is 960 g/mol. The Morgan fingerprint density at radius 1 is 0.818 bits per heavy atom. The second-order valence-electron chi connectivity index (χ2n) is 15.7. The van der Waals surface area contributed by atoms with Gasteiger partial charge in [0.25, 0.3) is 10.1 Å². The maximum Gasteiger partial charge on any atom is 0.425 e. The van der Waals surface area contributed by atoms with Gasteiger partial charge in [0.15, 0.2) is 0 Å². The molecule has 1 aliphatic carbocycles. The predicted molar refractivity (Wildman–Crippen MR) is 246 cm³/mol. The zero-order valence-corrected chi connectivity index (χ0v) is 38.7. The molecule has 4 aromatic carbocycles. The zero-order valence-electron chi connectivity index (χ0n) is 36.2. The fourth-order valence-corrected chi connectivity index (χ4v) is 10.4. The van der Waals surface area contributed by atoms with Crippen molar-refractivity contribution in [3.63, 3.8) is 0 Å². The number of hydrogen-bond acceptors (Lipinski definition) is 11. The first-order valence-corrected chi connectivity index (χ1v) is 24.9. The molecule has 0 radical (unpaired) electrons. The summed E-state index contributed by atoms with van der Waals surface area (Å²) in [5, 5.41) is 18.4. The number of allylic oxidation sites excluding steroid dienone is 6. The van der Waals surface area contributed by atoms with Crippen LogP contribution in [0.3, 0.4) is 0 Å². The number of aryl methyl sites for hydroxylation is 1. The number of carboxylic acid groups (broad SMARTS) is 1. The molecule has 7 rings (SSSR count). The summed E-state index contributed by atoms with van der Waals surface area (Å²) < 4.78 is 101. The van der Waals surface area contributed by atoms with E-state index in [-0.39, 0.29) is 42.1 Å². The summed E-state index contributed by atoms with van der Waals surface area (Å²) in [5.41, 5.74) is 2.73. The smallest absolute Gasteiger partial charge is 0.425 e. The fourth-order valence-electron chi connectivity index (χ4n) is 9.02. The first-order valence-electron chi connectivity index (χ1n) is 21.1. The molecule has 0 bridgehead atoms. The topological polar surface area (TPSA) is 266 Å². The van der Waals surface area contributed by atoms with Crippen molar-refractivity contribution in [2.24, 2.45) is 5.41 Å². The highest BCUT2D eigenvalue weighted by molar-refractivity contribution is 7.86. The maximum absolute atomic E-state index is 14.4. The summed E-state index contributed by atoms with van der Waals surface area (Å²) in [5.74, 6) is -1.83. The SMILES string of the molecule is CCNC(=O)C1(C(=O)NCCCCCC(=O)O)CC(=CC=c2c3cccc4c(S(=O)(=O)[O-])ccc(c43)n2CC)C=C(C=CC2=[N+](CC)c3ccc(S(=O)(=O)O)c4cccc2c34)C1.O=S(=O)=O. The number of benzene rings is 4. The number of nitrogens with one attached hydrogen (secondary N) is 2. The molecular formula is C46H48N4O13S3. The molecule has 66 heavy (non-hydrogen) atoms. The Hall–Kier alpha value is -6.32. The quantitative estimate of drug-likeness (QED) is 0.0446. The average molecular weight is 961 g/mol. The van der Waals surface area contributed by atoms with Crippen molar-refractivity contribution in [3.8, 4) is 0 Å². The lowest BCUT2D eigenvalue weighted by Crippen LogP contribution is -2.52. The van der Waals surface area contributed by atoms with Crippen molar-refractivity contribution < 1.29 is 62.6 Å². The van der Waals surface area contributed by atoms with Crippen LogP contribution in [-0.4, -0.2) is 95.9 Å². The van der Waals surface area contributed by atoms with Gasteiger partial charge in [-0.1, -0.05) is 55.0 Å². The van der Waals surface area contributed by atoms with E-state index >= 15 is 0 Å². The standard InChI is InChI=1S/C46H48N4O10S2.O3S/c1-4-47-44(53)46(45(54)48-25-9-7-8-16-41(51)52)27-29(17-19-35-31-12-10-14-33-39(61(55,56)57)23-21-37(42(31)33)49(35)5-2)26-30(28-46)18-20-36-32-13-11-15-34-40(62(58,59)60)24-22-38(43(32)34)50(36)6-3;1-4(2)3/h10-15,17-24,26H,4-9,16,25,27-28H2,1-3H3,(H4-,47,48,51,52,53,54,55,56,57,58,59,60);. The van der Waals surface area contributed by atoms with E-state index in [1.165, 1.54) is 12.1 Å². The van der Waals surface area contributed by atoms with Crippen LogP contribution >= 0.6 is 0 Å². The summed E-state index contributed by atoms with van der Waals surface area (Å²) in [6.45, 7) is 7.23. The summed E-state index contributed by atoms with van der Waals surface area (Å²) in [6, 6.07) is 16.4. The molecule has 0 spiro atoms. The Kier molecular flexibility index (Phi) is 14.9. The lowest BCUT2D eigenvalue weighted by atomic mass is 9.70. The van der Waals surface area contributed by atoms with Crippen molar-refractivity contribution in [3.05, 3.63) is 107 Å². The molecule has 2 amide bonds. The molecule has 1 aromatic heterocycles. The number of aromatic nitrogens is 1. The Morgan fingerprint density at radius 2 is 1.47 bits per heavy atom. The van der Waals surface area contributed by atoms with E-state index in [2.05, 4.69) is 10.6 Å². The van der Waals surface area contributed by atoms with Crippen molar-refractivity contribution >= 4 is 98.6 Å². The van der Waals surface area contributed by atoms with E-state index in [0.717, 1.165) is 33.2 Å². The van der Waals surface area contributed by atoms with Crippen LogP contribution in [0.25, 0.3) is 38.5 Å². The molecule has 20 heteroatoms. The van der Waals surface area contributed by atoms with E-state index in [1.807, 2.05) is 65.5 Å². The number of nitrogens with zero attached hydrogens (tertiary/aromatic N) is 2. The minimum Gasteiger partial charge on any atom is -0.744 e. The van der Waals surface area contributed by atoms with E-state index in [0.29, 0.717) is 65.0 Å². The van der Waals surface area contributed by atoms with Crippen molar-refractivity contribution in [1.29, 1.82) is 0 Å². The summed E-state index contributed by atoms with van der Waals surface area (Å²) in [4.78, 5) is 39.2. The lowest BCUT2D eigenvalue weighted by Gasteiger charge is -2.35. The van der Waals surface area contributed by atoms with Crippen molar-refractivity contribution in [2.45, 2.75) is 75.6 Å². The second kappa shape index (κ2) is 20.0. The highest BCUT2D eigenvalue weighted by atomic mass is 32.2. The van der Waals surface area contributed by atoms with Gasteiger partial charge in [-0.2, -0.15) is 13.0 Å². The molecule has 17 nitrogen and oxygen atoms in total. The van der Waals surface area contributed by atoms with Crippen LogP contribution in [0.1, 0.15) is 64.9 Å². The number of aliphatic carboxylic acids is 1. The molecule has 4 N–H and O–H groups in total. The number of carboxylic acids is 1. The van der Waals surface area contributed by atoms with Crippen LogP contribution in [0.5, 0.6) is 0 Å². The molecule has 5 aromatic rings. The molecule has 0 saturated carbocycles. The van der Waals surface area contributed by atoms with Gasteiger partial charge in [0.05, 0.1) is 15.8 Å². The minimum absolute atomic E-state index is 0.0185. The fraction of sp³-hybridized carbons (Fsp3) is 0.304. The number of carbonyl (C=O) groups excluding carboxylic acids is 2. The van der Waals surface area contributed by atoms with Gasteiger partial charge in [0.2, 0.25) is 23.2 Å². The highest BCUT2D eigenvalue weighted by Crippen LogP contribution is 2.42. The molecule has 2 aliphatic rings. The normalized spacial score (nSPS) is 17.1. The minimum atomic E-state index is -4.77. The van der Waals surface area contributed by atoms with Crippen LogP contribution in [-0.2, 0) is 51.8 Å². The third kappa shape index (κ3) is 10.1. The number of unbranched alkanes of at least 4 members (excludes halogenated alkanes) is 2. The van der Waals surface area contributed by atoms with E-state index in [9.17, 15) is 40.3 Å². The molecule has 348 valence electrons. The molecule has 2 heterocycles. The number of carbonyl (C=O) groups is 3. The first kappa shape index (κ1) is 49.1. The molecule has 1 unspecified atom stereocenters. The average Bonchev–Trinajstić information content (AvgIpc) is 3.74. The van der Waals surface area contributed by atoms with Gasteiger partial charge >= 0.3 is 16.6 Å². The van der Waals surface area contributed by atoms with Crippen LogP contribution in [0.4, 0.5) is 5.69 Å². The molecule has 0 fully saturated rings. The summed E-state index contributed by atoms with van der Waals surface area (Å²) in [7, 11) is -12.4. The van der Waals surface area contributed by atoms with Gasteiger partial charge in [0, 0.05) is 70.6 Å². The zero-order chi connectivity index (χ0) is 48.1. The first-order chi connectivity index (χ1) is 31.3. The Labute approximate surface area is 382 Å². The van der Waals surface area contributed by atoms with Gasteiger partial charge in [-0.25, -0.2) is 8.42 Å². The Bertz CT molecular complexity index is 3330. The molecule has 0 saturated heterocycles. The highest BCUT2D eigenvalue weighted by Gasteiger charge is 2.48. The Morgan fingerprint density at radius 3 is 2.11 bits per heavy atom. The molecule has 1 atom stereocenters. The number of hydrogen-bond donors (Lipinski definition) is 4. The summed E-state index contributed by atoms with van der Waals surface area (Å²) >= 11 is 0. The lowest BCUT2D eigenvalue weighted by molar-refractivity contribution is -0.430. The van der Waals surface area contributed by atoms with Gasteiger partial charge in [-0.05, 0) is 87.9 Å². The van der Waals surface area contributed by atoms with E-state index < -0.39 is 54.0 Å². The van der Waals surface area contributed by atoms with Gasteiger partial charge < -0.3 is 24.9 Å². The summed E-state index contributed by atoms with van der Waals surface area (Å²) in [6.07, 6.45) is 11.0. The number of rotatable bonds is 16. The van der Waals surface area contributed by atoms with Crippen LogP contribution < -0.4 is 16.0 Å². The maximum atomic E-state index is 14.4. The van der Waals surface area contributed by atoms with Crippen molar-refractivity contribution in [1.82, 2.24) is 15.2 Å². The Balaban J connectivity index is 0.00000173. The predicted octanol–water partition coefficient (Wildman–Crippen LogP) is 4.87. The molecule has 1 aliphatic heterocycles. The van der Waals surface area contributed by atoms with E-state index in [1.54, 1.807) is 43.3 Å². The third-order valence-corrected chi connectivity index (χ3v) is 13.5. The number of amides is 2. The van der Waals surface area contributed by atoms with Gasteiger partial charge in [-0.3, -0.25) is 18.9 Å². The van der Waals surface area contributed by atoms with Crippen LogP contribution in [0, 0.1) is 5.41 Å². The van der Waals surface area contributed by atoms with Crippen LogP contribution in [0.2, 0.25) is 0 Å². The van der Waals surface area contributed by atoms with Gasteiger partial charge in [-0.15, -0.1) is 12.6 Å². The molecular weight excluding hydrogens is 913 g/mol. The van der Waals surface area contributed by atoms with Gasteiger partial charge in [0.1, 0.15) is 27.0 Å². The van der Waals surface area contributed by atoms with Crippen LogP contribution in [0.15, 0.2) is 106 Å². The van der Waals surface area contributed by atoms with Crippen molar-refractivity contribution in [2.75, 3.05) is 19.6 Å².